The van der Waals surface area contributed by atoms with Gasteiger partial charge in [-0.25, -0.2) is 0 Å². The molecule has 1 amide bonds. The Hall–Kier alpha value is -1.55. The van der Waals surface area contributed by atoms with Crippen LogP contribution >= 0.6 is 11.6 Å². The molecule has 0 heterocycles. The molecule has 1 rings (SSSR count). The number of rotatable bonds is 6. The van der Waals surface area contributed by atoms with Crippen LogP contribution in [0, 0.1) is 11.3 Å². The van der Waals surface area contributed by atoms with Gasteiger partial charge in [0.15, 0.2) is 0 Å². The third-order valence-corrected chi connectivity index (χ3v) is 4.29. The van der Waals surface area contributed by atoms with Gasteiger partial charge in [-0.3, -0.25) is 9.59 Å². The van der Waals surface area contributed by atoms with Crippen LogP contribution in [-0.4, -0.2) is 17.0 Å². The molecule has 5 heteroatoms. The highest BCUT2D eigenvalue weighted by molar-refractivity contribution is 6.30. The van der Waals surface area contributed by atoms with E-state index in [1.54, 1.807) is 19.1 Å². The first-order valence-electron chi connectivity index (χ1n) is 6.95. The van der Waals surface area contributed by atoms with Gasteiger partial charge in [0.2, 0.25) is 5.91 Å². The third-order valence-electron chi connectivity index (χ3n) is 4.04. The molecular formula is C16H22ClNO3. The van der Waals surface area contributed by atoms with Gasteiger partial charge < -0.3 is 10.4 Å². The number of carbonyl (C=O) groups is 2. The monoisotopic (exact) mass is 311 g/mol. The molecule has 0 aliphatic heterocycles. The van der Waals surface area contributed by atoms with Crippen LogP contribution in [0.5, 0.6) is 0 Å². The second-order valence-corrected chi connectivity index (χ2v) is 6.33. The summed E-state index contributed by atoms with van der Waals surface area (Å²) in [7, 11) is 0. The zero-order chi connectivity index (χ0) is 16.2. The van der Waals surface area contributed by atoms with Crippen LogP contribution in [-0.2, 0) is 9.59 Å². The molecule has 0 saturated heterocycles. The molecule has 2 N–H and O–H groups in total. The van der Waals surface area contributed by atoms with Crippen LogP contribution in [0.2, 0.25) is 5.02 Å². The smallest absolute Gasteiger partial charge is 0.310 e. The van der Waals surface area contributed by atoms with E-state index >= 15 is 0 Å². The number of halogens is 1. The zero-order valence-corrected chi connectivity index (χ0v) is 13.6. The molecule has 0 radical (unpaired) electrons. The minimum absolute atomic E-state index is 0.0437. The number of benzene rings is 1. The number of carboxylic acids is 1. The lowest BCUT2D eigenvalue weighted by Crippen LogP contribution is -2.39. The third kappa shape index (κ3) is 4.46. The summed E-state index contributed by atoms with van der Waals surface area (Å²) in [6, 6.07) is 7.00. The van der Waals surface area contributed by atoms with E-state index in [4.69, 9.17) is 11.6 Å². The molecule has 116 valence electrons. The number of hydrogen-bond donors (Lipinski definition) is 2. The molecule has 21 heavy (non-hydrogen) atoms. The summed E-state index contributed by atoms with van der Waals surface area (Å²) in [4.78, 5) is 23.5. The van der Waals surface area contributed by atoms with Gasteiger partial charge in [0.25, 0.3) is 0 Å². The minimum atomic E-state index is -1.07. The predicted molar refractivity (Wildman–Crippen MR) is 83.2 cm³/mol. The molecule has 0 fully saturated rings. The number of amides is 1. The van der Waals surface area contributed by atoms with E-state index in [1.165, 1.54) is 0 Å². The van der Waals surface area contributed by atoms with E-state index in [-0.39, 0.29) is 24.3 Å². The first-order chi connectivity index (χ1) is 9.66. The molecule has 1 aromatic carbocycles. The van der Waals surface area contributed by atoms with Gasteiger partial charge in [0.1, 0.15) is 0 Å². The number of nitrogens with one attached hydrogen (secondary N) is 1. The number of carboxylic acid groups (broad SMARTS) is 1. The van der Waals surface area contributed by atoms with Crippen molar-refractivity contribution in [2.75, 3.05) is 0 Å². The van der Waals surface area contributed by atoms with Gasteiger partial charge >= 0.3 is 5.97 Å². The maximum atomic E-state index is 12.1. The molecule has 0 bridgehead atoms. The molecular weight excluding hydrogens is 290 g/mol. The Labute approximate surface area is 130 Å². The molecule has 2 atom stereocenters. The topological polar surface area (TPSA) is 66.4 Å². The fourth-order valence-corrected chi connectivity index (χ4v) is 2.11. The molecule has 0 aliphatic rings. The van der Waals surface area contributed by atoms with Crippen molar-refractivity contribution < 1.29 is 14.7 Å². The first-order valence-corrected chi connectivity index (χ1v) is 7.33. The maximum Gasteiger partial charge on any atom is 0.310 e. The van der Waals surface area contributed by atoms with Gasteiger partial charge in [0, 0.05) is 11.4 Å². The fraction of sp³-hybridized carbons (Fsp3) is 0.500. The van der Waals surface area contributed by atoms with Gasteiger partial charge in [0.05, 0.1) is 11.5 Å². The van der Waals surface area contributed by atoms with E-state index in [9.17, 15) is 14.7 Å². The Morgan fingerprint density at radius 3 is 2.19 bits per heavy atom. The van der Waals surface area contributed by atoms with Crippen LogP contribution in [0.3, 0.4) is 0 Å². The van der Waals surface area contributed by atoms with Crippen LogP contribution in [0.4, 0.5) is 0 Å². The highest BCUT2D eigenvalue weighted by Gasteiger charge is 2.38. The average molecular weight is 312 g/mol. The summed E-state index contributed by atoms with van der Waals surface area (Å²) in [5.41, 5.74) is -0.140. The first kappa shape index (κ1) is 17.5. The second-order valence-electron chi connectivity index (χ2n) is 5.89. The van der Waals surface area contributed by atoms with Crippen molar-refractivity contribution in [3.8, 4) is 0 Å². The molecule has 1 aromatic rings. The maximum absolute atomic E-state index is 12.1. The molecule has 0 saturated carbocycles. The normalized spacial score (nSPS) is 15.3. The van der Waals surface area contributed by atoms with Crippen molar-refractivity contribution in [1.82, 2.24) is 5.32 Å². The van der Waals surface area contributed by atoms with E-state index in [0.29, 0.717) is 5.02 Å². The number of carbonyl (C=O) groups excluding carboxylic acids is 1. The van der Waals surface area contributed by atoms with Gasteiger partial charge in [-0.1, -0.05) is 37.6 Å². The molecule has 0 aromatic heterocycles. The van der Waals surface area contributed by atoms with E-state index in [2.05, 4.69) is 5.32 Å². The van der Waals surface area contributed by atoms with Crippen molar-refractivity contribution in [3.63, 3.8) is 0 Å². The van der Waals surface area contributed by atoms with Crippen molar-refractivity contribution in [3.05, 3.63) is 34.9 Å². The molecule has 4 nitrogen and oxygen atoms in total. The van der Waals surface area contributed by atoms with Crippen LogP contribution in [0.15, 0.2) is 24.3 Å². The summed E-state index contributed by atoms with van der Waals surface area (Å²) in [6.07, 6.45) is -0.0437. The number of hydrogen-bond acceptors (Lipinski definition) is 2. The molecule has 2 unspecified atom stereocenters. The van der Waals surface area contributed by atoms with Crippen LogP contribution in [0.25, 0.3) is 0 Å². The van der Waals surface area contributed by atoms with Crippen LogP contribution in [0.1, 0.15) is 45.7 Å². The average Bonchev–Trinajstić information content (AvgIpc) is 2.38. The lowest BCUT2D eigenvalue weighted by molar-refractivity contribution is -0.153. The Bertz CT molecular complexity index is 513. The van der Waals surface area contributed by atoms with Crippen molar-refractivity contribution in [2.45, 2.75) is 40.2 Å². The highest BCUT2D eigenvalue weighted by atomic mass is 35.5. The summed E-state index contributed by atoms with van der Waals surface area (Å²) in [6.45, 7) is 7.08. The zero-order valence-electron chi connectivity index (χ0n) is 12.8. The van der Waals surface area contributed by atoms with E-state index < -0.39 is 11.4 Å². The van der Waals surface area contributed by atoms with Crippen molar-refractivity contribution >= 4 is 23.5 Å². The molecule has 0 spiro atoms. The Morgan fingerprint density at radius 1 is 1.24 bits per heavy atom. The standard InChI is InChI=1S/C16H22ClNO3/c1-10(2)16(4,15(20)21)9-14(19)18-11(3)12-5-7-13(17)8-6-12/h5-8,10-11H,9H2,1-4H3,(H,18,19)(H,20,21). The van der Waals surface area contributed by atoms with Crippen molar-refractivity contribution in [2.24, 2.45) is 11.3 Å². The Kier molecular flexibility index (Phi) is 5.78. The summed E-state index contributed by atoms with van der Waals surface area (Å²) >= 11 is 5.83. The SMILES string of the molecule is CC(NC(=O)CC(C)(C(=O)O)C(C)C)c1ccc(Cl)cc1. The molecule has 0 aliphatic carbocycles. The summed E-state index contributed by atoms with van der Waals surface area (Å²) in [5, 5.41) is 12.8. The van der Waals surface area contributed by atoms with E-state index in [0.717, 1.165) is 5.56 Å². The summed E-state index contributed by atoms with van der Waals surface area (Å²) in [5.74, 6) is -1.35. The Balaban J connectivity index is 2.72. The number of aliphatic carboxylic acids is 1. The fourth-order valence-electron chi connectivity index (χ4n) is 1.99. The lowest BCUT2D eigenvalue weighted by Gasteiger charge is -2.29. The lowest BCUT2D eigenvalue weighted by atomic mass is 9.76. The van der Waals surface area contributed by atoms with Crippen LogP contribution < -0.4 is 5.32 Å². The Morgan fingerprint density at radius 2 is 1.76 bits per heavy atom. The predicted octanol–water partition coefficient (Wildman–Crippen LogP) is 3.65. The largest absolute Gasteiger partial charge is 0.481 e. The van der Waals surface area contributed by atoms with Gasteiger partial charge in [-0.2, -0.15) is 0 Å². The summed E-state index contributed by atoms with van der Waals surface area (Å²) < 4.78 is 0. The van der Waals surface area contributed by atoms with Crippen molar-refractivity contribution in [1.29, 1.82) is 0 Å². The minimum Gasteiger partial charge on any atom is -0.481 e. The van der Waals surface area contributed by atoms with E-state index in [1.807, 2.05) is 32.9 Å². The van der Waals surface area contributed by atoms with Gasteiger partial charge in [-0.05, 0) is 37.5 Å². The van der Waals surface area contributed by atoms with Gasteiger partial charge in [-0.15, -0.1) is 0 Å². The quantitative estimate of drug-likeness (QED) is 0.842. The highest BCUT2D eigenvalue weighted by Crippen LogP contribution is 2.31. The second kappa shape index (κ2) is 6.94.